The lowest BCUT2D eigenvalue weighted by Gasteiger charge is -2.27. The van der Waals surface area contributed by atoms with Crippen LogP contribution in [0.5, 0.6) is 0 Å². The standard InChI is InChI=1S/C25H25ClN2O3S/c1-18-7-13-23(14-8-18)32(30,31)27(16-20-9-11-22(26)12-10-20)17-25(29)28-19(2)15-21-5-3-4-6-24(21)28/h3-14,19H,15-17H2,1-2H3/t19-/m0/s1. The molecule has 4 rings (SSSR count). The van der Waals surface area contributed by atoms with Gasteiger partial charge in [0.05, 0.1) is 11.4 Å². The summed E-state index contributed by atoms with van der Waals surface area (Å²) in [6, 6.07) is 21.4. The van der Waals surface area contributed by atoms with E-state index >= 15 is 0 Å². The Hall–Kier alpha value is -2.67. The van der Waals surface area contributed by atoms with Crippen LogP contribution in [-0.4, -0.2) is 31.2 Å². The first-order valence-corrected chi connectivity index (χ1v) is 12.3. The number of para-hydroxylation sites is 1. The van der Waals surface area contributed by atoms with E-state index in [1.54, 1.807) is 53.4 Å². The average molecular weight is 469 g/mol. The van der Waals surface area contributed by atoms with Crippen molar-refractivity contribution in [2.24, 2.45) is 0 Å². The number of amides is 1. The maximum Gasteiger partial charge on any atom is 0.243 e. The van der Waals surface area contributed by atoms with E-state index in [-0.39, 0.29) is 29.9 Å². The minimum atomic E-state index is -3.89. The number of benzene rings is 3. The van der Waals surface area contributed by atoms with Crippen LogP contribution in [0.3, 0.4) is 0 Å². The van der Waals surface area contributed by atoms with Gasteiger partial charge in [-0.1, -0.05) is 59.6 Å². The van der Waals surface area contributed by atoms with E-state index < -0.39 is 10.0 Å². The van der Waals surface area contributed by atoms with Gasteiger partial charge in [0.15, 0.2) is 0 Å². The molecular weight excluding hydrogens is 444 g/mol. The van der Waals surface area contributed by atoms with Crippen molar-refractivity contribution in [2.75, 3.05) is 11.4 Å². The molecular formula is C25H25ClN2O3S. The van der Waals surface area contributed by atoms with Crippen molar-refractivity contribution in [1.82, 2.24) is 4.31 Å². The molecule has 0 spiro atoms. The summed E-state index contributed by atoms with van der Waals surface area (Å²) >= 11 is 5.99. The third kappa shape index (κ3) is 4.58. The first-order valence-electron chi connectivity index (χ1n) is 10.5. The summed E-state index contributed by atoms with van der Waals surface area (Å²) in [7, 11) is -3.89. The summed E-state index contributed by atoms with van der Waals surface area (Å²) in [6.07, 6.45) is 0.754. The van der Waals surface area contributed by atoms with E-state index in [0.29, 0.717) is 5.02 Å². The van der Waals surface area contributed by atoms with Gasteiger partial charge in [0, 0.05) is 23.3 Å². The molecule has 1 atom stereocenters. The Labute approximate surface area is 194 Å². The molecule has 3 aromatic rings. The number of sulfonamides is 1. The molecule has 0 aromatic heterocycles. The van der Waals surface area contributed by atoms with Crippen molar-refractivity contribution < 1.29 is 13.2 Å². The van der Waals surface area contributed by atoms with Crippen LogP contribution in [0.2, 0.25) is 5.02 Å². The van der Waals surface area contributed by atoms with E-state index in [1.165, 1.54) is 4.31 Å². The van der Waals surface area contributed by atoms with E-state index in [9.17, 15) is 13.2 Å². The van der Waals surface area contributed by atoms with Crippen molar-refractivity contribution in [3.05, 3.63) is 94.5 Å². The first kappa shape index (κ1) is 22.5. The number of hydrogen-bond acceptors (Lipinski definition) is 3. The molecule has 32 heavy (non-hydrogen) atoms. The van der Waals surface area contributed by atoms with Crippen LogP contribution in [0.4, 0.5) is 5.69 Å². The number of halogens is 1. The van der Waals surface area contributed by atoms with Crippen molar-refractivity contribution >= 4 is 33.2 Å². The van der Waals surface area contributed by atoms with Crippen molar-refractivity contribution in [2.45, 2.75) is 37.8 Å². The Morgan fingerprint density at radius 1 is 1.03 bits per heavy atom. The van der Waals surface area contributed by atoms with Gasteiger partial charge in [-0.15, -0.1) is 0 Å². The monoisotopic (exact) mass is 468 g/mol. The molecule has 0 fully saturated rings. The number of carbonyl (C=O) groups is 1. The van der Waals surface area contributed by atoms with E-state index in [4.69, 9.17) is 11.6 Å². The summed E-state index contributed by atoms with van der Waals surface area (Å²) in [5.41, 5.74) is 3.67. The normalized spacial score (nSPS) is 15.8. The van der Waals surface area contributed by atoms with Crippen LogP contribution in [0.25, 0.3) is 0 Å². The number of rotatable bonds is 6. The lowest BCUT2D eigenvalue weighted by molar-refractivity contribution is -0.119. The Balaban J connectivity index is 1.67. The Morgan fingerprint density at radius 2 is 1.69 bits per heavy atom. The molecule has 0 unspecified atom stereocenters. The quantitative estimate of drug-likeness (QED) is 0.521. The van der Waals surface area contributed by atoms with E-state index in [0.717, 1.165) is 28.8 Å². The average Bonchev–Trinajstić information content (AvgIpc) is 3.10. The van der Waals surface area contributed by atoms with Crippen molar-refractivity contribution in [1.29, 1.82) is 0 Å². The van der Waals surface area contributed by atoms with Crippen LogP contribution in [0.15, 0.2) is 77.7 Å². The molecule has 0 saturated carbocycles. The highest BCUT2D eigenvalue weighted by Gasteiger charge is 2.34. The predicted octanol–water partition coefficient (Wildman–Crippen LogP) is 4.82. The van der Waals surface area contributed by atoms with Gasteiger partial charge in [-0.05, 0) is 61.7 Å². The summed E-state index contributed by atoms with van der Waals surface area (Å²) < 4.78 is 28.3. The van der Waals surface area contributed by atoms with Gasteiger partial charge in [0.25, 0.3) is 0 Å². The zero-order chi connectivity index (χ0) is 22.9. The molecule has 1 amide bonds. The lowest BCUT2D eigenvalue weighted by Crippen LogP contribution is -2.44. The van der Waals surface area contributed by atoms with E-state index in [1.807, 2.05) is 38.1 Å². The molecule has 166 valence electrons. The summed E-state index contributed by atoms with van der Waals surface area (Å²) in [5.74, 6) is -0.243. The molecule has 0 bridgehead atoms. The molecule has 0 aliphatic carbocycles. The van der Waals surface area contributed by atoms with Gasteiger partial charge in [-0.3, -0.25) is 4.79 Å². The second-order valence-electron chi connectivity index (χ2n) is 8.16. The fourth-order valence-corrected chi connectivity index (χ4v) is 5.55. The Bertz CT molecular complexity index is 1220. The predicted molar refractivity (Wildman–Crippen MR) is 127 cm³/mol. The molecule has 0 N–H and O–H groups in total. The molecule has 1 aliphatic rings. The highest BCUT2D eigenvalue weighted by molar-refractivity contribution is 7.89. The fraction of sp³-hybridized carbons (Fsp3) is 0.240. The third-order valence-electron chi connectivity index (χ3n) is 5.72. The second kappa shape index (κ2) is 9.06. The minimum absolute atomic E-state index is 0.0284. The number of anilines is 1. The topological polar surface area (TPSA) is 57.7 Å². The van der Waals surface area contributed by atoms with Gasteiger partial charge in [-0.25, -0.2) is 8.42 Å². The fourth-order valence-electron chi connectivity index (χ4n) is 4.05. The van der Waals surface area contributed by atoms with Gasteiger partial charge in [0.2, 0.25) is 15.9 Å². The van der Waals surface area contributed by atoms with Gasteiger partial charge < -0.3 is 4.90 Å². The van der Waals surface area contributed by atoms with Crippen LogP contribution in [-0.2, 0) is 27.8 Å². The Kier molecular flexibility index (Phi) is 6.38. The number of fused-ring (bicyclic) bond motifs is 1. The number of carbonyl (C=O) groups excluding carboxylic acids is 1. The molecule has 0 radical (unpaired) electrons. The Morgan fingerprint density at radius 3 is 2.38 bits per heavy atom. The molecule has 0 saturated heterocycles. The SMILES string of the molecule is Cc1ccc(S(=O)(=O)N(CC(=O)N2c3ccccc3C[C@@H]2C)Cc2ccc(Cl)cc2)cc1. The highest BCUT2D eigenvalue weighted by Crippen LogP contribution is 2.32. The van der Waals surface area contributed by atoms with Gasteiger partial charge in [0.1, 0.15) is 0 Å². The van der Waals surface area contributed by atoms with Crippen LogP contribution >= 0.6 is 11.6 Å². The summed E-state index contributed by atoms with van der Waals surface area (Å²) in [5, 5.41) is 0.570. The third-order valence-corrected chi connectivity index (χ3v) is 7.78. The summed E-state index contributed by atoms with van der Waals surface area (Å²) in [4.78, 5) is 15.3. The number of hydrogen-bond donors (Lipinski definition) is 0. The van der Waals surface area contributed by atoms with Gasteiger partial charge >= 0.3 is 0 Å². The van der Waals surface area contributed by atoms with Crippen LogP contribution in [0.1, 0.15) is 23.6 Å². The van der Waals surface area contributed by atoms with E-state index in [2.05, 4.69) is 0 Å². The zero-order valence-corrected chi connectivity index (χ0v) is 19.6. The molecule has 3 aromatic carbocycles. The lowest BCUT2D eigenvalue weighted by atomic mass is 10.1. The number of nitrogens with zero attached hydrogens (tertiary/aromatic N) is 2. The molecule has 1 aliphatic heterocycles. The van der Waals surface area contributed by atoms with Gasteiger partial charge in [-0.2, -0.15) is 4.31 Å². The maximum atomic E-state index is 13.5. The second-order valence-corrected chi connectivity index (χ2v) is 10.5. The minimum Gasteiger partial charge on any atom is -0.308 e. The number of aryl methyl sites for hydroxylation is 1. The zero-order valence-electron chi connectivity index (χ0n) is 18.0. The van der Waals surface area contributed by atoms with Crippen LogP contribution < -0.4 is 4.90 Å². The molecule has 1 heterocycles. The molecule has 7 heteroatoms. The maximum absolute atomic E-state index is 13.5. The first-order chi connectivity index (χ1) is 15.3. The molecule has 5 nitrogen and oxygen atoms in total. The smallest absolute Gasteiger partial charge is 0.243 e. The largest absolute Gasteiger partial charge is 0.308 e. The van der Waals surface area contributed by atoms with Crippen molar-refractivity contribution in [3.63, 3.8) is 0 Å². The summed E-state index contributed by atoms with van der Waals surface area (Å²) in [6.45, 7) is 3.70. The highest BCUT2D eigenvalue weighted by atomic mass is 35.5. The van der Waals surface area contributed by atoms with Crippen molar-refractivity contribution in [3.8, 4) is 0 Å². The van der Waals surface area contributed by atoms with Crippen LogP contribution in [0, 0.1) is 6.92 Å².